The Labute approximate surface area is 126 Å². The SMILES string of the molecule is CC(SCC[NH3+])(c1ccccc1)c1ccccc1.[Cl-]. The Kier molecular flexibility index (Phi) is 6.43. The molecule has 0 saturated carbocycles. The molecule has 102 valence electrons. The monoisotopic (exact) mass is 293 g/mol. The summed E-state index contributed by atoms with van der Waals surface area (Å²) in [4.78, 5) is 0. The van der Waals surface area contributed by atoms with Crippen molar-refractivity contribution in [1.82, 2.24) is 0 Å². The lowest BCUT2D eigenvalue weighted by atomic mass is 9.92. The van der Waals surface area contributed by atoms with Gasteiger partial charge in [-0.15, -0.1) is 11.8 Å². The maximum absolute atomic E-state index is 3.96. The van der Waals surface area contributed by atoms with Crippen molar-refractivity contribution in [1.29, 1.82) is 0 Å². The number of thioether (sulfide) groups is 1. The first-order chi connectivity index (χ1) is 8.77. The smallest absolute Gasteiger partial charge is 0.0832 e. The van der Waals surface area contributed by atoms with E-state index in [9.17, 15) is 0 Å². The van der Waals surface area contributed by atoms with Gasteiger partial charge in [-0.3, -0.25) is 0 Å². The van der Waals surface area contributed by atoms with Gasteiger partial charge < -0.3 is 18.1 Å². The van der Waals surface area contributed by atoms with Crippen molar-refractivity contribution in [2.75, 3.05) is 12.3 Å². The van der Waals surface area contributed by atoms with Gasteiger partial charge in [-0.1, -0.05) is 60.7 Å². The van der Waals surface area contributed by atoms with Crippen molar-refractivity contribution in [2.24, 2.45) is 0 Å². The van der Waals surface area contributed by atoms with Crippen molar-refractivity contribution in [3.63, 3.8) is 0 Å². The van der Waals surface area contributed by atoms with Crippen LogP contribution in [0.15, 0.2) is 60.7 Å². The first-order valence-electron chi connectivity index (χ1n) is 6.31. The van der Waals surface area contributed by atoms with Crippen molar-refractivity contribution < 1.29 is 18.1 Å². The molecule has 0 aliphatic rings. The second-order valence-corrected chi connectivity index (χ2v) is 5.98. The van der Waals surface area contributed by atoms with Crippen LogP contribution in [0.1, 0.15) is 18.1 Å². The lowest BCUT2D eigenvalue weighted by Crippen LogP contribution is -3.00. The lowest BCUT2D eigenvalue weighted by Gasteiger charge is -2.30. The van der Waals surface area contributed by atoms with Gasteiger partial charge >= 0.3 is 0 Å². The van der Waals surface area contributed by atoms with E-state index in [0.717, 1.165) is 12.3 Å². The first-order valence-corrected chi connectivity index (χ1v) is 7.30. The van der Waals surface area contributed by atoms with Gasteiger partial charge in [-0.25, -0.2) is 0 Å². The van der Waals surface area contributed by atoms with E-state index in [1.54, 1.807) is 0 Å². The molecule has 0 unspecified atom stereocenters. The Morgan fingerprint density at radius 1 is 0.895 bits per heavy atom. The van der Waals surface area contributed by atoms with Crippen molar-refractivity contribution in [3.8, 4) is 0 Å². The minimum absolute atomic E-state index is 0. The van der Waals surface area contributed by atoms with Crippen LogP contribution >= 0.6 is 11.8 Å². The number of hydrogen-bond acceptors (Lipinski definition) is 1. The number of hydrogen-bond donors (Lipinski definition) is 1. The molecular formula is C16H20ClNS. The fourth-order valence-electron chi connectivity index (χ4n) is 2.12. The predicted octanol–water partition coefficient (Wildman–Crippen LogP) is -0.0708. The summed E-state index contributed by atoms with van der Waals surface area (Å²) in [5.41, 5.74) is 6.67. The number of halogens is 1. The van der Waals surface area contributed by atoms with Crippen LogP contribution in [0.25, 0.3) is 0 Å². The molecule has 0 aromatic heterocycles. The zero-order valence-corrected chi connectivity index (χ0v) is 12.8. The maximum Gasteiger partial charge on any atom is 0.0832 e. The summed E-state index contributed by atoms with van der Waals surface area (Å²) < 4.78 is 0.0141. The molecule has 2 aromatic rings. The largest absolute Gasteiger partial charge is 1.00 e. The normalized spacial score (nSPS) is 10.8. The highest BCUT2D eigenvalue weighted by Gasteiger charge is 2.28. The van der Waals surface area contributed by atoms with Crippen LogP contribution in [0.5, 0.6) is 0 Å². The third kappa shape index (κ3) is 3.75. The highest BCUT2D eigenvalue weighted by atomic mass is 35.5. The molecule has 0 aliphatic carbocycles. The van der Waals surface area contributed by atoms with E-state index in [1.165, 1.54) is 11.1 Å². The third-order valence-electron chi connectivity index (χ3n) is 3.18. The Morgan fingerprint density at radius 3 is 1.68 bits per heavy atom. The molecular weight excluding hydrogens is 274 g/mol. The molecule has 0 amide bonds. The molecule has 0 bridgehead atoms. The Hall–Kier alpha value is -0.960. The Morgan fingerprint density at radius 2 is 1.32 bits per heavy atom. The van der Waals surface area contributed by atoms with Gasteiger partial charge in [0.1, 0.15) is 0 Å². The van der Waals surface area contributed by atoms with Crippen LogP contribution in [-0.2, 0) is 4.75 Å². The summed E-state index contributed by atoms with van der Waals surface area (Å²) in [7, 11) is 0. The van der Waals surface area contributed by atoms with Crippen LogP contribution in [-0.4, -0.2) is 12.3 Å². The fourth-order valence-corrected chi connectivity index (χ4v) is 3.28. The quantitative estimate of drug-likeness (QED) is 0.821. The molecule has 2 rings (SSSR count). The van der Waals surface area contributed by atoms with Gasteiger partial charge in [-0.2, -0.15) is 0 Å². The molecule has 0 atom stereocenters. The van der Waals surface area contributed by atoms with Gasteiger partial charge in [0.05, 0.1) is 11.3 Å². The molecule has 0 radical (unpaired) electrons. The van der Waals surface area contributed by atoms with Crippen LogP contribution in [0.3, 0.4) is 0 Å². The minimum atomic E-state index is 0. The van der Waals surface area contributed by atoms with Gasteiger partial charge in [0.15, 0.2) is 0 Å². The van der Waals surface area contributed by atoms with E-state index in [4.69, 9.17) is 0 Å². The Bertz CT molecular complexity index is 433. The molecule has 19 heavy (non-hydrogen) atoms. The molecule has 1 nitrogen and oxygen atoms in total. The molecule has 0 fully saturated rings. The summed E-state index contributed by atoms with van der Waals surface area (Å²) >= 11 is 1.97. The molecule has 3 heteroatoms. The number of quaternary nitrogens is 1. The van der Waals surface area contributed by atoms with E-state index in [2.05, 4.69) is 73.3 Å². The van der Waals surface area contributed by atoms with Crippen molar-refractivity contribution >= 4 is 11.8 Å². The van der Waals surface area contributed by atoms with Crippen molar-refractivity contribution in [3.05, 3.63) is 71.8 Å². The molecule has 2 aromatic carbocycles. The highest BCUT2D eigenvalue weighted by molar-refractivity contribution is 8.00. The van der Waals surface area contributed by atoms with Crippen LogP contribution in [0.4, 0.5) is 0 Å². The van der Waals surface area contributed by atoms with Crippen LogP contribution in [0.2, 0.25) is 0 Å². The van der Waals surface area contributed by atoms with Gasteiger partial charge in [0.2, 0.25) is 0 Å². The summed E-state index contributed by atoms with van der Waals surface area (Å²) in [6, 6.07) is 21.4. The second-order valence-electron chi connectivity index (χ2n) is 4.47. The minimum Gasteiger partial charge on any atom is -1.00 e. The first kappa shape index (κ1) is 16.1. The average Bonchev–Trinajstić information content (AvgIpc) is 2.46. The van der Waals surface area contributed by atoms with Crippen molar-refractivity contribution in [2.45, 2.75) is 11.7 Å². The zero-order chi connectivity index (χ0) is 12.8. The lowest BCUT2D eigenvalue weighted by molar-refractivity contribution is -0.360. The summed E-state index contributed by atoms with van der Waals surface area (Å²) in [6.07, 6.45) is 0. The Balaban J connectivity index is 0.00000180. The van der Waals surface area contributed by atoms with Gasteiger partial charge in [-0.05, 0) is 18.1 Å². The standard InChI is InChI=1S/C16H19NS.ClH/c1-16(18-13-12-17,14-8-4-2-5-9-14)15-10-6-3-7-11-15;/h2-11H,12-13,17H2,1H3;1H. The molecule has 3 N–H and O–H groups in total. The van der Waals surface area contributed by atoms with Gasteiger partial charge in [0, 0.05) is 5.75 Å². The summed E-state index contributed by atoms with van der Waals surface area (Å²) in [5, 5.41) is 0. The fraction of sp³-hybridized carbons (Fsp3) is 0.250. The average molecular weight is 294 g/mol. The molecule has 0 aliphatic heterocycles. The number of rotatable bonds is 5. The van der Waals surface area contributed by atoms with Crippen LogP contribution in [0, 0.1) is 0 Å². The molecule has 0 spiro atoms. The van der Waals surface area contributed by atoms with E-state index in [0.29, 0.717) is 0 Å². The van der Waals surface area contributed by atoms with Gasteiger partial charge in [0.25, 0.3) is 0 Å². The summed E-state index contributed by atoms with van der Waals surface area (Å²) in [6.45, 7) is 3.26. The van der Waals surface area contributed by atoms with Crippen LogP contribution < -0.4 is 18.1 Å². The third-order valence-corrected chi connectivity index (χ3v) is 4.73. The summed E-state index contributed by atoms with van der Waals surface area (Å²) in [5.74, 6) is 1.07. The van der Waals surface area contributed by atoms with E-state index in [-0.39, 0.29) is 17.2 Å². The maximum atomic E-state index is 3.96. The zero-order valence-electron chi connectivity index (χ0n) is 11.2. The molecule has 0 saturated heterocycles. The second kappa shape index (κ2) is 7.59. The highest BCUT2D eigenvalue weighted by Crippen LogP contribution is 2.41. The molecule has 0 heterocycles. The predicted molar refractivity (Wildman–Crippen MR) is 79.6 cm³/mol. The van der Waals surface area contributed by atoms with E-state index < -0.39 is 0 Å². The number of benzene rings is 2. The topological polar surface area (TPSA) is 27.6 Å². The van der Waals surface area contributed by atoms with E-state index in [1.807, 2.05) is 11.8 Å². The van der Waals surface area contributed by atoms with E-state index >= 15 is 0 Å².